The van der Waals surface area contributed by atoms with E-state index in [0.717, 1.165) is 36.1 Å². The van der Waals surface area contributed by atoms with E-state index in [2.05, 4.69) is 6.92 Å². The van der Waals surface area contributed by atoms with Crippen LogP contribution in [0.5, 0.6) is 5.75 Å². The molecule has 2 aromatic carbocycles. The van der Waals surface area contributed by atoms with Crippen LogP contribution in [0, 0.1) is 37.5 Å². The minimum Gasteiger partial charge on any atom is -0.426 e. The first-order valence-corrected chi connectivity index (χ1v) is 12.3. The van der Waals surface area contributed by atoms with Crippen molar-refractivity contribution in [3.63, 3.8) is 0 Å². The lowest BCUT2D eigenvalue weighted by Crippen LogP contribution is -2.31. The zero-order chi connectivity index (χ0) is 24.9. The number of rotatable bonds is 4. The second-order valence-corrected chi connectivity index (χ2v) is 10.2. The van der Waals surface area contributed by atoms with Crippen LogP contribution in [0.2, 0.25) is 0 Å². The molecular weight excluding hydrogens is 444 g/mol. The average molecular weight is 475 g/mol. The molecule has 0 unspecified atom stereocenters. The van der Waals surface area contributed by atoms with Crippen LogP contribution in [0.25, 0.3) is 0 Å². The summed E-state index contributed by atoms with van der Waals surface area (Å²) in [6, 6.07) is 12.4. The van der Waals surface area contributed by atoms with Crippen molar-refractivity contribution in [3.8, 4) is 5.75 Å². The monoisotopic (exact) mass is 474 g/mol. The number of para-hydroxylation sites is 1. The second kappa shape index (κ2) is 8.95. The van der Waals surface area contributed by atoms with Gasteiger partial charge in [0.05, 0.1) is 23.4 Å². The number of nitrogens with zero attached hydrogens (tertiary/aromatic N) is 2. The SMILES string of the molecule is Cc1cccc(C)c1N1C[C@H](C(=O)Oc2cccc(N3C(=O)[C@@H]4CC[C@H](C)C[C@H]4C3=O)c2)CC1=O. The highest BCUT2D eigenvalue weighted by molar-refractivity contribution is 6.22. The molecular formula is C28H30N2O5. The number of benzene rings is 2. The molecule has 3 fully saturated rings. The molecule has 7 nitrogen and oxygen atoms in total. The Morgan fingerprint density at radius 2 is 1.63 bits per heavy atom. The van der Waals surface area contributed by atoms with Crippen LogP contribution >= 0.6 is 0 Å². The van der Waals surface area contributed by atoms with Gasteiger partial charge in [0.2, 0.25) is 17.7 Å². The molecule has 2 aliphatic heterocycles. The Morgan fingerprint density at radius 3 is 2.37 bits per heavy atom. The third-order valence-electron chi connectivity index (χ3n) is 7.65. The van der Waals surface area contributed by atoms with Gasteiger partial charge in [-0.15, -0.1) is 0 Å². The third kappa shape index (κ3) is 4.13. The van der Waals surface area contributed by atoms with Crippen LogP contribution in [0.4, 0.5) is 11.4 Å². The first-order valence-electron chi connectivity index (χ1n) is 12.3. The molecule has 7 heteroatoms. The molecule has 0 bridgehead atoms. The average Bonchev–Trinajstić information content (AvgIpc) is 3.31. The lowest BCUT2D eigenvalue weighted by Gasteiger charge is -2.25. The molecule has 2 heterocycles. The molecule has 2 saturated heterocycles. The molecule has 0 spiro atoms. The van der Waals surface area contributed by atoms with E-state index in [0.29, 0.717) is 11.6 Å². The van der Waals surface area contributed by atoms with Crippen molar-refractivity contribution in [1.29, 1.82) is 0 Å². The fraction of sp³-hybridized carbons (Fsp3) is 0.429. The number of amides is 3. The number of fused-ring (bicyclic) bond motifs is 1. The number of carbonyl (C=O) groups excluding carboxylic acids is 4. The topological polar surface area (TPSA) is 84.0 Å². The summed E-state index contributed by atoms with van der Waals surface area (Å²) in [5, 5.41) is 0. The van der Waals surface area contributed by atoms with Crippen molar-refractivity contribution in [3.05, 3.63) is 53.6 Å². The molecule has 0 aromatic heterocycles. The number of ether oxygens (including phenoxy) is 1. The highest BCUT2D eigenvalue weighted by Gasteiger charge is 2.50. The molecule has 4 atom stereocenters. The zero-order valence-electron chi connectivity index (χ0n) is 20.3. The van der Waals surface area contributed by atoms with Gasteiger partial charge in [-0.2, -0.15) is 0 Å². The number of esters is 1. The predicted molar refractivity (Wildman–Crippen MR) is 131 cm³/mol. The number of anilines is 2. The smallest absolute Gasteiger partial charge is 0.316 e. The van der Waals surface area contributed by atoms with Crippen LogP contribution in [-0.4, -0.2) is 30.2 Å². The lowest BCUT2D eigenvalue weighted by molar-refractivity contribution is -0.139. The minimum absolute atomic E-state index is 0.0803. The summed E-state index contributed by atoms with van der Waals surface area (Å²) in [4.78, 5) is 54.7. The molecule has 35 heavy (non-hydrogen) atoms. The summed E-state index contributed by atoms with van der Waals surface area (Å²) in [7, 11) is 0. The molecule has 0 radical (unpaired) electrons. The molecule has 0 N–H and O–H groups in total. The molecule has 182 valence electrons. The van der Waals surface area contributed by atoms with Crippen molar-refractivity contribution < 1.29 is 23.9 Å². The van der Waals surface area contributed by atoms with Gasteiger partial charge in [0.25, 0.3) is 0 Å². The Balaban J connectivity index is 1.31. The standard InChI is InChI=1S/C28H30N2O5/c1-16-10-11-22-23(12-16)27(33)30(26(22)32)20-8-5-9-21(14-20)35-28(34)19-13-24(31)29(15-19)25-17(2)6-4-7-18(25)3/h4-9,14,16,19,22-23H,10-13,15H2,1-3H3/t16-,19+,22+,23+/m0/s1. The minimum atomic E-state index is -0.593. The van der Waals surface area contributed by atoms with Gasteiger partial charge in [-0.25, -0.2) is 4.90 Å². The number of hydrogen-bond donors (Lipinski definition) is 0. The molecule has 3 aliphatic rings. The highest BCUT2D eigenvalue weighted by Crippen LogP contribution is 2.42. The Bertz CT molecular complexity index is 1200. The molecule has 2 aromatic rings. The van der Waals surface area contributed by atoms with E-state index in [-0.39, 0.29) is 48.3 Å². The molecule has 3 amide bonds. The van der Waals surface area contributed by atoms with Gasteiger partial charge < -0.3 is 9.64 Å². The van der Waals surface area contributed by atoms with Crippen molar-refractivity contribution in [2.24, 2.45) is 23.7 Å². The van der Waals surface area contributed by atoms with E-state index in [1.54, 1.807) is 29.2 Å². The Labute approximate surface area is 205 Å². The Morgan fingerprint density at radius 1 is 0.943 bits per heavy atom. The van der Waals surface area contributed by atoms with Gasteiger partial charge in [-0.05, 0) is 62.3 Å². The maximum Gasteiger partial charge on any atom is 0.316 e. The summed E-state index contributed by atoms with van der Waals surface area (Å²) in [5.41, 5.74) is 3.23. The maximum absolute atomic E-state index is 13.1. The zero-order valence-corrected chi connectivity index (χ0v) is 20.3. The third-order valence-corrected chi connectivity index (χ3v) is 7.65. The normalized spacial score (nSPS) is 26.3. The van der Waals surface area contributed by atoms with Crippen molar-refractivity contribution in [1.82, 2.24) is 0 Å². The van der Waals surface area contributed by atoms with E-state index >= 15 is 0 Å². The van der Waals surface area contributed by atoms with Crippen LogP contribution in [0.15, 0.2) is 42.5 Å². The summed E-state index contributed by atoms with van der Waals surface area (Å²) >= 11 is 0. The van der Waals surface area contributed by atoms with Crippen LogP contribution in [0.3, 0.4) is 0 Å². The van der Waals surface area contributed by atoms with Gasteiger partial charge >= 0.3 is 5.97 Å². The van der Waals surface area contributed by atoms with Crippen molar-refractivity contribution in [2.45, 2.75) is 46.5 Å². The van der Waals surface area contributed by atoms with Crippen LogP contribution < -0.4 is 14.5 Å². The maximum atomic E-state index is 13.1. The van der Waals surface area contributed by atoms with E-state index in [1.165, 1.54) is 4.90 Å². The number of hydrogen-bond acceptors (Lipinski definition) is 5. The highest BCUT2D eigenvalue weighted by atomic mass is 16.5. The van der Waals surface area contributed by atoms with Crippen LogP contribution in [-0.2, 0) is 19.2 Å². The first-order chi connectivity index (χ1) is 16.7. The van der Waals surface area contributed by atoms with Gasteiger partial charge in [0, 0.05) is 24.7 Å². The second-order valence-electron chi connectivity index (χ2n) is 10.2. The fourth-order valence-corrected chi connectivity index (χ4v) is 5.84. The lowest BCUT2D eigenvalue weighted by atomic mass is 9.76. The fourth-order valence-electron chi connectivity index (χ4n) is 5.84. The van der Waals surface area contributed by atoms with E-state index < -0.39 is 11.9 Å². The van der Waals surface area contributed by atoms with Crippen molar-refractivity contribution in [2.75, 3.05) is 16.3 Å². The molecule has 1 aliphatic carbocycles. The van der Waals surface area contributed by atoms with Gasteiger partial charge in [-0.1, -0.05) is 31.2 Å². The van der Waals surface area contributed by atoms with E-state index in [9.17, 15) is 19.2 Å². The Kier molecular flexibility index (Phi) is 5.95. The predicted octanol–water partition coefficient (Wildman–Crippen LogP) is 4.19. The molecule has 5 rings (SSSR count). The van der Waals surface area contributed by atoms with Gasteiger partial charge in [0.1, 0.15) is 5.75 Å². The molecule has 1 saturated carbocycles. The van der Waals surface area contributed by atoms with Gasteiger partial charge in [-0.3, -0.25) is 19.2 Å². The van der Waals surface area contributed by atoms with Gasteiger partial charge in [0.15, 0.2) is 0 Å². The summed E-state index contributed by atoms with van der Waals surface area (Å²) < 4.78 is 5.63. The number of aryl methyl sites for hydroxylation is 2. The largest absolute Gasteiger partial charge is 0.426 e. The first kappa shape index (κ1) is 23.3. The summed E-state index contributed by atoms with van der Waals surface area (Å²) in [5.74, 6) is -1.37. The Hall–Kier alpha value is -3.48. The quantitative estimate of drug-likeness (QED) is 0.377. The summed E-state index contributed by atoms with van der Waals surface area (Å²) in [6.07, 6.45) is 2.49. The number of carbonyl (C=O) groups is 4. The summed E-state index contributed by atoms with van der Waals surface area (Å²) in [6.45, 7) is 6.27. The van der Waals surface area contributed by atoms with E-state index in [1.807, 2.05) is 32.0 Å². The van der Waals surface area contributed by atoms with Crippen molar-refractivity contribution >= 4 is 35.1 Å². The van der Waals surface area contributed by atoms with E-state index in [4.69, 9.17) is 4.74 Å². The number of imide groups is 1. The van der Waals surface area contributed by atoms with Crippen LogP contribution in [0.1, 0.15) is 43.7 Å².